The van der Waals surface area contributed by atoms with E-state index in [9.17, 15) is 14.7 Å². The van der Waals surface area contributed by atoms with Crippen molar-refractivity contribution in [1.29, 1.82) is 0 Å². The Morgan fingerprint density at radius 2 is 1.76 bits per heavy atom. The first-order valence-corrected chi connectivity index (χ1v) is 12.3. The molecule has 9 nitrogen and oxygen atoms in total. The number of aliphatic hydroxyl groups is 1. The predicted octanol–water partition coefficient (Wildman–Crippen LogP) is 4.20. The average Bonchev–Trinajstić information content (AvgIpc) is 3.52. The summed E-state index contributed by atoms with van der Waals surface area (Å²) in [4.78, 5) is 32.1. The molecule has 2 aromatic carbocycles. The summed E-state index contributed by atoms with van der Waals surface area (Å²) in [5, 5.41) is 11.3. The van der Waals surface area contributed by atoms with Crippen molar-refractivity contribution in [2.45, 2.75) is 32.9 Å². The van der Waals surface area contributed by atoms with Crippen LogP contribution in [0.5, 0.6) is 17.2 Å². The molecule has 1 aliphatic rings. The van der Waals surface area contributed by atoms with Crippen LogP contribution in [0.4, 0.5) is 0 Å². The van der Waals surface area contributed by atoms with Crippen molar-refractivity contribution in [2.24, 2.45) is 0 Å². The lowest BCUT2D eigenvalue weighted by Gasteiger charge is -2.26. The van der Waals surface area contributed by atoms with Gasteiger partial charge in [-0.15, -0.1) is 0 Å². The Bertz CT molecular complexity index is 1270. The lowest BCUT2D eigenvalue weighted by Crippen LogP contribution is -2.31. The Labute approximate surface area is 215 Å². The topological polar surface area (TPSA) is 103 Å². The highest BCUT2D eigenvalue weighted by atomic mass is 16.5. The lowest BCUT2D eigenvalue weighted by molar-refractivity contribution is -0.139. The van der Waals surface area contributed by atoms with Gasteiger partial charge in [0, 0.05) is 31.0 Å². The molecule has 0 aliphatic carbocycles. The van der Waals surface area contributed by atoms with Crippen molar-refractivity contribution < 1.29 is 28.9 Å². The molecule has 37 heavy (non-hydrogen) atoms. The number of hydrogen-bond acceptors (Lipinski definition) is 7. The Hall–Kier alpha value is -4.27. The van der Waals surface area contributed by atoms with Crippen LogP contribution in [-0.4, -0.2) is 58.1 Å². The summed E-state index contributed by atoms with van der Waals surface area (Å²) in [6.45, 7) is 5.66. The number of methoxy groups -OCH3 is 1. The molecule has 1 aromatic heterocycles. The molecule has 3 aromatic rings. The summed E-state index contributed by atoms with van der Waals surface area (Å²) in [6.07, 6.45) is 5.83. The molecule has 1 saturated heterocycles. The van der Waals surface area contributed by atoms with E-state index in [1.165, 1.54) is 12.0 Å². The van der Waals surface area contributed by atoms with E-state index in [1.54, 1.807) is 55.0 Å². The van der Waals surface area contributed by atoms with Crippen LogP contribution >= 0.6 is 0 Å². The van der Waals surface area contributed by atoms with Gasteiger partial charge in [0.25, 0.3) is 11.7 Å². The summed E-state index contributed by atoms with van der Waals surface area (Å²) < 4.78 is 18.6. The van der Waals surface area contributed by atoms with Crippen molar-refractivity contribution in [2.75, 3.05) is 26.9 Å². The van der Waals surface area contributed by atoms with Crippen molar-refractivity contribution in [3.8, 4) is 17.2 Å². The number of rotatable bonds is 11. The van der Waals surface area contributed by atoms with E-state index in [4.69, 9.17) is 14.2 Å². The fourth-order valence-corrected chi connectivity index (χ4v) is 4.46. The van der Waals surface area contributed by atoms with Crippen molar-refractivity contribution in [3.63, 3.8) is 0 Å². The highest BCUT2D eigenvalue weighted by Crippen LogP contribution is 2.42. The van der Waals surface area contributed by atoms with E-state index in [0.29, 0.717) is 61.1 Å². The summed E-state index contributed by atoms with van der Waals surface area (Å²) in [5.41, 5.74) is 1.08. The Morgan fingerprint density at radius 3 is 2.41 bits per heavy atom. The van der Waals surface area contributed by atoms with Crippen LogP contribution in [0.1, 0.15) is 37.4 Å². The number of amides is 1. The molecule has 9 heteroatoms. The Morgan fingerprint density at radius 1 is 1.00 bits per heavy atom. The SMILES string of the molecule is CCOc1ccc(/C(O)=C2\C(=O)C(=O)N(CCCn3ccnc3)C2c2ccc(OCC)c(OC)c2)cc1. The van der Waals surface area contributed by atoms with Crippen molar-refractivity contribution >= 4 is 17.4 Å². The maximum absolute atomic E-state index is 13.3. The summed E-state index contributed by atoms with van der Waals surface area (Å²) in [5.74, 6) is 0.0488. The molecule has 1 unspecified atom stereocenters. The van der Waals surface area contributed by atoms with Gasteiger partial charge in [0.2, 0.25) is 0 Å². The van der Waals surface area contributed by atoms with Crippen LogP contribution in [0.25, 0.3) is 5.76 Å². The van der Waals surface area contributed by atoms with Gasteiger partial charge < -0.3 is 28.8 Å². The largest absolute Gasteiger partial charge is 0.507 e. The van der Waals surface area contributed by atoms with Crippen LogP contribution in [0, 0.1) is 0 Å². The molecule has 0 saturated carbocycles. The van der Waals surface area contributed by atoms with Gasteiger partial charge in [-0.25, -0.2) is 4.98 Å². The number of hydrogen-bond donors (Lipinski definition) is 1. The van der Waals surface area contributed by atoms with E-state index >= 15 is 0 Å². The van der Waals surface area contributed by atoms with Gasteiger partial charge in [0.15, 0.2) is 11.5 Å². The number of likely N-dealkylation sites (tertiary alicyclic amines) is 1. The number of aliphatic hydroxyl groups excluding tert-OH is 1. The van der Waals surface area contributed by atoms with Crippen LogP contribution < -0.4 is 14.2 Å². The van der Waals surface area contributed by atoms with Crippen LogP contribution in [0.15, 0.2) is 66.8 Å². The normalized spacial score (nSPS) is 16.7. The third kappa shape index (κ3) is 5.45. The maximum Gasteiger partial charge on any atom is 0.295 e. The molecule has 0 bridgehead atoms. The van der Waals surface area contributed by atoms with Crippen LogP contribution in [0.3, 0.4) is 0 Å². The molecular formula is C28H31N3O6. The van der Waals surface area contributed by atoms with Crippen molar-refractivity contribution in [1.82, 2.24) is 14.5 Å². The van der Waals surface area contributed by atoms with E-state index in [0.717, 1.165) is 0 Å². The van der Waals surface area contributed by atoms with Crippen molar-refractivity contribution in [3.05, 3.63) is 77.9 Å². The van der Waals surface area contributed by atoms with Gasteiger partial charge in [-0.2, -0.15) is 0 Å². The minimum atomic E-state index is -0.793. The highest BCUT2D eigenvalue weighted by molar-refractivity contribution is 6.46. The monoisotopic (exact) mass is 505 g/mol. The minimum Gasteiger partial charge on any atom is -0.507 e. The smallest absolute Gasteiger partial charge is 0.295 e. The standard InChI is InChI=1S/C28H31N3O6/c1-4-36-21-10-7-19(8-11-21)26(32)24-25(20-9-12-22(37-5-2)23(17-20)35-3)31(28(34)27(24)33)15-6-14-30-16-13-29-18-30/h7-13,16-18,25,32H,4-6,14-15H2,1-3H3/b26-24+. The average molecular weight is 506 g/mol. The number of carbonyl (C=O) groups excluding carboxylic acids is 2. The second-order valence-electron chi connectivity index (χ2n) is 8.45. The quantitative estimate of drug-likeness (QED) is 0.237. The molecule has 1 aliphatic heterocycles. The minimum absolute atomic E-state index is 0.0306. The fourth-order valence-electron chi connectivity index (χ4n) is 4.46. The maximum atomic E-state index is 13.3. The van der Waals surface area contributed by atoms with Gasteiger partial charge in [-0.1, -0.05) is 6.07 Å². The summed E-state index contributed by atoms with van der Waals surface area (Å²) >= 11 is 0. The molecule has 1 amide bonds. The third-order valence-electron chi connectivity index (χ3n) is 6.16. The van der Waals surface area contributed by atoms with E-state index in [-0.39, 0.29) is 11.3 Å². The molecule has 2 heterocycles. The summed E-state index contributed by atoms with van der Waals surface area (Å²) in [6, 6.07) is 11.3. The van der Waals surface area contributed by atoms with Gasteiger partial charge >= 0.3 is 0 Å². The fraction of sp³-hybridized carbons (Fsp3) is 0.321. The molecule has 0 spiro atoms. The zero-order valence-electron chi connectivity index (χ0n) is 21.2. The van der Waals surface area contributed by atoms with Crippen LogP contribution in [-0.2, 0) is 16.1 Å². The zero-order valence-corrected chi connectivity index (χ0v) is 21.2. The molecule has 1 N–H and O–H groups in total. The molecule has 1 fully saturated rings. The number of aromatic nitrogens is 2. The second-order valence-corrected chi connectivity index (χ2v) is 8.45. The molecule has 1 atom stereocenters. The van der Waals surface area contributed by atoms with Crippen LogP contribution in [0.2, 0.25) is 0 Å². The Kier molecular flexibility index (Phi) is 8.12. The van der Waals surface area contributed by atoms with Gasteiger partial charge in [0.1, 0.15) is 11.5 Å². The first-order chi connectivity index (χ1) is 18.0. The van der Waals surface area contributed by atoms with Gasteiger partial charge in [-0.3, -0.25) is 9.59 Å². The first kappa shape index (κ1) is 25.8. The molecule has 194 valence electrons. The second kappa shape index (κ2) is 11.6. The lowest BCUT2D eigenvalue weighted by atomic mass is 9.95. The Balaban J connectivity index is 1.75. The molecular weight excluding hydrogens is 474 g/mol. The molecule has 4 rings (SSSR count). The predicted molar refractivity (Wildman–Crippen MR) is 138 cm³/mol. The van der Waals surface area contributed by atoms with E-state index in [1.807, 2.05) is 24.6 Å². The number of ketones is 1. The number of ether oxygens (including phenoxy) is 3. The number of benzene rings is 2. The number of imidazole rings is 1. The highest BCUT2D eigenvalue weighted by Gasteiger charge is 2.46. The number of Topliss-reactive ketones (excluding diaryl/α,β-unsaturated/α-hetero) is 1. The number of nitrogens with zero attached hydrogens (tertiary/aromatic N) is 3. The van der Waals surface area contributed by atoms with Gasteiger partial charge in [0.05, 0.1) is 38.3 Å². The summed E-state index contributed by atoms with van der Waals surface area (Å²) in [7, 11) is 1.53. The van der Waals surface area contributed by atoms with Gasteiger partial charge in [-0.05, 0) is 62.2 Å². The zero-order chi connectivity index (χ0) is 26.4. The molecule has 0 radical (unpaired) electrons. The third-order valence-corrected chi connectivity index (χ3v) is 6.16. The van der Waals surface area contributed by atoms with E-state index in [2.05, 4.69) is 4.98 Å². The first-order valence-electron chi connectivity index (χ1n) is 12.3. The number of aryl methyl sites for hydroxylation is 1. The number of carbonyl (C=O) groups is 2. The van der Waals surface area contributed by atoms with E-state index < -0.39 is 17.7 Å².